The van der Waals surface area contributed by atoms with Crippen molar-refractivity contribution >= 4 is 14.3 Å². The minimum absolute atomic E-state index is 0.503. The summed E-state index contributed by atoms with van der Waals surface area (Å²) in [5.41, 5.74) is 3.27. The van der Waals surface area contributed by atoms with Crippen molar-refractivity contribution in [3.8, 4) is 0 Å². The highest BCUT2D eigenvalue weighted by Gasteiger charge is 2.30. The number of allylic oxidation sites excluding steroid dienone is 1. The predicted octanol–water partition coefficient (Wildman–Crippen LogP) is 2.50. The van der Waals surface area contributed by atoms with Gasteiger partial charge >= 0.3 is 0 Å². The second kappa shape index (κ2) is 2.82. The average Bonchev–Trinajstić information content (AvgIpc) is 2.45. The van der Waals surface area contributed by atoms with Crippen LogP contribution in [0.25, 0.3) is 6.08 Å². The third kappa shape index (κ3) is 1.47. The van der Waals surface area contributed by atoms with E-state index in [-0.39, 0.29) is 0 Å². The molecular formula is C11H15NSi. The first-order chi connectivity index (χ1) is 6.09. The summed E-state index contributed by atoms with van der Waals surface area (Å²) < 4.78 is 0. The molecule has 1 aliphatic carbocycles. The minimum Gasteiger partial charge on any atom is -0.350 e. The molecular weight excluding hydrogens is 174 g/mol. The molecule has 1 aromatic rings. The van der Waals surface area contributed by atoms with E-state index in [1.54, 1.807) is 0 Å². The highest BCUT2D eigenvalue weighted by Crippen LogP contribution is 2.34. The number of fused-ring (bicyclic) bond motifs is 1. The van der Waals surface area contributed by atoms with Gasteiger partial charge in [-0.15, -0.1) is 0 Å². The maximum Gasteiger partial charge on any atom is 0.128 e. The van der Waals surface area contributed by atoms with Crippen molar-refractivity contribution < 1.29 is 0 Å². The van der Waals surface area contributed by atoms with Gasteiger partial charge in [0.15, 0.2) is 0 Å². The number of hydrogen-bond donors (Lipinski definition) is 1. The van der Waals surface area contributed by atoms with Gasteiger partial charge in [0.25, 0.3) is 0 Å². The van der Waals surface area contributed by atoms with Crippen LogP contribution in [0.2, 0.25) is 13.1 Å². The molecule has 0 aromatic heterocycles. The molecule has 68 valence electrons. The lowest BCUT2D eigenvalue weighted by Gasteiger charge is -2.23. The Morgan fingerprint density at radius 2 is 1.92 bits per heavy atom. The first kappa shape index (κ1) is 8.72. The van der Waals surface area contributed by atoms with Crippen molar-refractivity contribution in [3.63, 3.8) is 0 Å². The molecule has 13 heavy (non-hydrogen) atoms. The van der Waals surface area contributed by atoms with Gasteiger partial charge < -0.3 is 5.40 Å². The van der Waals surface area contributed by atoms with E-state index in [4.69, 9.17) is 5.40 Å². The highest BCUT2D eigenvalue weighted by molar-refractivity contribution is 6.76. The van der Waals surface area contributed by atoms with Crippen molar-refractivity contribution in [2.24, 2.45) is 5.40 Å². The molecule has 2 heteroatoms. The molecule has 0 heterocycles. The van der Waals surface area contributed by atoms with Crippen LogP contribution >= 0.6 is 0 Å². The van der Waals surface area contributed by atoms with Gasteiger partial charge in [0, 0.05) is 5.54 Å². The topological polar surface area (TPSA) is 26.0 Å². The summed E-state index contributed by atoms with van der Waals surface area (Å²) in [6.07, 6.45) is 4.46. The van der Waals surface area contributed by atoms with Crippen LogP contribution in [-0.2, 0) is 0 Å². The van der Waals surface area contributed by atoms with Gasteiger partial charge in [0.2, 0.25) is 0 Å². The van der Waals surface area contributed by atoms with Gasteiger partial charge in [-0.2, -0.15) is 0 Å². The van der Waals surface area contributed by atoms with E-state index in [2.05, 4.69) is 49.5 Å². The molecule has 0 fully saturated rings. The lowest BCUT2D eigenvalue weighted by Crippen LogP contribution is -2.44. The zero-order chi connectivity index (χ0) is 9.47. The summed E-state index contributed by atoms with van der Waals surface area (Å²) in [7, 11) is -1.56. The Balaban J connectivity index is 2.45. The Bertz CT molecular complexity index is 349. The smallest absolute Gasteiger partial charge is 0.128 e. The lowest BCUT2D eigenvalue weighted by molar-refractivity contribution is 1.14. The van der Waals surface area contributed by atoms with Crippen LogP contribution < -0.4 is 5.40 Å². The lowest BCUT2D eigenvalue weighted by atomic mass is 10.1. The van der Waals surface area contributed by atoms with E-state index in [1.807, 2.05) is 0 Å². The van der Waals surface area contributed by atoms with Crippen LogP contribution in [0.4, 0.5) is 0 Å². The minimum atomic E-state index is -1.56. The van der Waals surface area contributed by atoms with E-state index in [0.29, 0.717) is 5.54 Å². The summed E-state index contributed by atoms with van der Waals surface area (Å²) >= 11 is 0. The molecule has 0 aliphatic heterocycles. The molecule has 0 radical (unpaired) electrons. The van der Waals surface area contributed by atoms with E-state index < -0.39 is 8.24 Å². The van der Waals surface area contributed by atoms with Crippen molar-refractivity contribution in [2.75, 3.05) is 0 Å². The molecule has 0 bridgehead atoms. The molecule has 0 saturated carbocycles. The Morgan fingerprint density at radius 1 is 1.23 bits per heavy atom. The Labute approximate surface area is 80.4 Å². The van der Waals surface area contributed by atoms with Crippen molar-refractivity contribution in [3.05, 3.63) is 41.5 Å². The van der Waals surface area contributed by atoms with Crippen LogP contribution in [0.5, 0.6) is 0 Å². The van der Waals surface area contributed by atoms with Crippen molar-refractivity contribution in [1.29, 1.82) is 0 Å². The summed E-state index contributed by atoms with van der Waals surface area (Å²) in [6.45, 7) is 4.42. The molecule has 1 nitrogen and oxygen atoms in total. The van der Waals surface area contributed by atoms with Crippen molar-refractivity contribution in [1.82, 2.24) is 0 Å². The van der Waals surface area contributed by atoms with Gasteiger partial charge in [-0.1, -0.05) is 49.5 Å². The van der Waals surface area contributed by atoms with Gasteiger partial charge in [-0.3, -0.25) is 0 Å². The van der Waals surface area contributed by atoms with E-state index in [9.17, 15) is 0 Å². The van der Waals surface area contributed by atoms with Gasteiger partial charge in [-0.05, 0) is 11.1 Å². The first-order valence-electron chi connectivity index (χ1n) is 4.65. The predicted molar refractivity (Wildman–Crippen MR) is 59.9 cm³/mol. The van der Waals surface area contributed by atoms with E-state index >= 15 is 0 Å². The first-order valence-corrected chi connectivity index (χ1v) is 7.80. The molecule has 1 aliphatic rings. The zero-order valence-electron chi connectivity index (χ0n) is 8.12. The number of benzene rings is 1. The van der Waals surface area contributed by atoms with Crippen LogP contribution in [0, 0.1) is 0 Å². The second-order valence-electron chi connectivity index (χ2n) is 4.29. The molecule has 2 rings (SSSR count). The summed E-state index contributed by atoms with van der Waals surface area (Å²) in [4.78, 5) is 0. The Kier molecular flexibility index (Phi) is 1.89. The Morgan fingerprint density at radius 3 is 2.62 bits per heavy atom. The van der Waals surface area contributed by atoms with Gasteiger partial charge in [0.05, 0.1) is 0 Å². The van der Waals surface area contributed by atoms with Crippen LogP contribution in [0.1, 0.15) is 16.7 Å². The zero-order valence-corrected chi connectivity index (χ0v) is 9.12. The SMILES string of the molecule is C[Si](C)(N)C1C=Cc2ccccc21. The molecule has 0 saturated heterocycles. The van der Waals surface area contributed by atoms with Gasteiger partial charge in [0.1, 0.15) is 8.24 Å². The van der Waals surface area contributed by atoms with E-state index in [1.165, 1.54) is 11.1 Å². The second-order valence-corrected chi connectivity index (χ2v) is 8.55. The van der Waals surface area contributed by atoms with Gasteiger partial charge in [-0.25, -0.2) is 0 Å². The standard InChI is InChI=1S/C11H15NSi/c1-13(2,12)11-8-7-9-5-3-4-6-10(9)11/h3-8,11H,12H2,1-2H3. The molecule has 1 unspecified atom stereocenters. The third-order valence-corrected chi connectivity index (χ3v) is 4.71. The highest BCUT2D eigenvalue weighted by atomic mass is 28.3. The number of rotatable bonds is 1. The largest absolute Gasteiger partial charge is 0.350 e. The third-order valence-electron chi connectivity index (χ3n) is 2.60. The summed E-state index contributed by atoms with van der Waals surface area (Å²) in [6, 6.07) is 8.53. The van der Waals surface area contributed by atoms with Crippen molar-refractivity contribution in [2.45, 2.75) is 18.6 Å². The summed E-state index contributed by atoms with van der Waals surface area (Å²) in [5, 5.41) is 6.24. The molecule has 1 aromatic carbocycles. The van der Waals surface area contributed by atoms with Crippen LogP contribution in [-0.4, -0.2) is 8.24 Å². The van der Waals surface area contributed by atoms with E-state index in [0.717, 1.165) is 0 Å². The maximum absolute atomic E-state index is 6.24. The quantitative estimate of drug-likeness (QED) is 0.675. The number of nitrogens with two attached hydrogens (primary N) is 1. The fourth-order valence-electron chi connectivity index (χ4n) is 1.90. The molecule has 0 spiro atoms. The molecule has 1 atom stereocenters. The summed E-state index contributed by atoms with van der Waals surface area (Å²) in [5.74, 6) is 0. The monoisotopic (exact) mass is 189 g/mol. The maximum atomic E-state index is 6.24. The number of hydrogen-bond acceptors (Lipinski definition) is 1. The fraction of sp³-hybridized carbons (Fsp3) is 0.273. The van der Waals surface area contributed by atoms with Crippen LogP contribution in [0.15, 0.2) is 30.3 Å². The molecule has 0 amide bonds. The Hall–Kier alpha value is -0.863. The average molecular weight is 189 g/mol. The van der Waals surface area contributed by atoms with Crippen LogP contribution in [0.3, 0.4) is 0 Å². The normalized spacial score (nSPS) is 20.4. The fourth-order valence-corrected chi connectivity index (χ4v) is 3.55. The molecule has 2 N–H and O–H groups in total.